The third-order valence-corrected chi connectivity index (χ3v) is 3.66. The number of rotatable bonds is 3. The zero-order valence-corrected chi connectivity index (χ0v) is 9.65. The van der Waals surface area contributed by atoms with Gasteiger partial charge in [-0.05, 0) is 44.2 Å². The molecule has 1 saturated carbocycles. The van der Waals surface area contributed by atoms with Crippen LogP contribution in [0.3, 0.4) is 0 Å². The van der Waals surface area contributed by atoms with Gasteiger partial charge in [0.2, 0.25) is 0 Å². The maximum absolute atomic E-state index is 4.54. The first-order valence-corrected chi connectivity index (χ1v) is 6.40. The Morgan fingerprint density at radius 1 is 1.19 bits per heavy atom. The van der Waals surface area contributed by atoms with Gasteiger partial charge in [-0.25, -0.2) is 4.98 Å². The number of anilines is 2. The molecule has 86 valence electrons. The predicted octanol–water partition coefficient (Wildman–Crippen LogP) is 2.65. The van der Waals surface area contributed by atoms with Crippen molar-refractivity contribution in [2.75, 3.05) is 23.3 Å². The summed E-state index contributed by atoms with van der Waals surface area (Å²) in [7, 11) is 0. The van der Waals surface area contributed by atoms with E-state index in [2.05, 4.69) is 21.3 Å². The van der Waals surface area contributed by atoms with Crippen LogP contribution in [0.5, 0.6) is 0 Å². The smallest absolute Gasteiger partial charge is 0.151 e. The summed E-state index contributed by atoms with van der Waals surface area (Å²) in [6, 6.07) is 4.88. The van der Waals surface area contributed by atoms with Crippen LogP contribution in [0.2, 0.25) is 0 Å². The maximum atomic E-state index is 4.54. The Morgan fingerprint density at radius 3 is 2.69 bits per heavy atom. The summed E-state index contributed by atoms with van der Waals surface area (Å²) < 4.78 is 0. The predicted molar refractivity (Wildman–Crippen MR) is 66.9 cm³/mol. The molecule has 1 saturated heterocycles. The van der Waals surface area contributed by atoms with E-state index in [-0.39, 0.29) is 0 Å². The van der Waals surface area contributed by atoms with E-state index in [1.165, 1.54) is 37.8 Å². The van der Waals surface area contributed by atoms with Crippen LogP contribution in [0, 0.1) is 0 Å². The van der Waals surface area contributed by atoms with E-state index in [9.17, 15) is 0 Å². The number of aromatic nitrogens is 1. The van der Waals surface area contributed by atoms with Crippen molar-refractivity contribution in [2.45, 2.75) is 38.1 Å². The minimum Gasteiger partial charge on any atom is -0.379 e. The van der Waals surface area contributed by atoms with Crippen molar-refractivity contribution >= 4 is 11.5 Å². The second-order valence-corrected chi connectivity index (χ2v) is 4.84. The summed E-state index contributed by atoms with van der Waals surface area (Å²) in [5, 5.41) is 3.62. The fourth-order valence-electron chi connectivity index (χ4n) is 2.46. The molecule has 1 aromatic rings. The normalized spacial score (nSPS) is 20.9. The van der Waals surface area contributed by atoms with Crippen molar-refractivity contribution in [3.8, 4) is 0 Å². The number of hydrogen-bond acceptors (Lipinski definition) is 3. The Hall–Kier alpha value is -1.25. The third-order valence-electron chi connectivity index (χ3n) is 3.66. The Kier molecular flexibility index (Phi) is 2.68. The van der Waals surface area contributed by atoms with Gasteiger partial charge in [0.05, 0.1) is 5.69 Å². The molecule has 1 aliphatic carbocycles. The lowest BCUT2D eigenvalue weighted by Gasteiger charge is -2.29. The molecule has 2 fully saturated rings. The van der Waals surface area contributed by atoms with Gasteiger partial charge in [-0.15, -0.1) is 0 Å². The molecule has 0 aromatic carbocycles. The standard InChI is InChI=1S/C13H19N3/c1-2-10-16(9-1)13-12(7-4-8-14-13)15-11-5-3-6-11/h4,7-8,11,15H,1-3,5-6,9-10H2. The van der Waals surface area contributed by atoms with E-state index in [1.54, 1.807) is 0 Å². The first-order valence-electron chi connectivity index (χ1n) is 6.40. The summed E-state index contributed by atoms with van der Waals surface area (Å²) in [6.07, 6.45) is 8.51. The minimum atomic E-state index is 0.686. The zero-order valence-electron chi connectivity index (χ0n) is 9.65. The monoisotopic (exact) mass is 217 g/mol. The fourth-order valence-corrected chi connectivity index (χ4v) is 2.46. The van der Waals surface area contributed by atoms with Crippen molar-refractivity contribution < 1.29 is 0 Å². The SMILES string of the molecule is c1cnc(N2CCCC2)c(NC2CCC2)c1. The first-order chi connectivity index (χ1) is 7.93. The van der Waals surface area contributed by atoms with Gasteiger partial charge < -0.3 is 10.2 Å². The van der Waals surface area contributed by atoms with Crippen LogP contribution >= 0.6 is 0 Å². The Labute approximate surface area is 96.9 Å². The minimum absolute atomic E-state index is 0.686. The van der Waals surface area contributed by atoms with E-state index < -0.39 is 0 Å². The number of hydrogen-bond donors (Lipinski definition) is 1. The third kappa shape index (κ3) is 1.86. The van der Waals surface area contributed by atoms with Crippen LogP contribution in [0.1, 0.15) is 32.1 Å². The van der Waals surface area contributed by atoms with Gasteiger partial charge in [0.25, 0.3) is 0 Å². The second-order valence-electron chi connectivity index (χ2n) is 4.84. The van der Waals surface area contributed by atoms with Gasteiger partial charge in [0.15, 0.2) is 5.82 Å². The summed E-state index contributed by atoms with van der Waals surface area (Å²) in [5.74, 6) is 1.16. The molecule has 0 unspecified atom stereocenters. The van der Waals surface area contributed by atoms with Crippen LogP contribution in [0.15, 0.2) is 18.3 Å². The molecule has 1 aromatic heterocycles. The Balaban J connectivity index is 1.78. The van der Waals surface area contributed by atoms with Gasteiger partial charge in [0, 0.05) is 25.3 Å². The molecule has 16 heavy (non-hydrogen) atoms. The zero-order chi connectivity index (χ0) is 10.8. The highest BCUT2D eigenvalue weighted by atomic mass is 15.2. The van der Waals surface area contributed by atoms with E-state index in [1.807, 2.05) is 12.3 Å². The van der Waals surface area contributed by atoms with Crippen LogP contribution in [0.4, 0.5) is 11.5 Å². The van der Waals surface area contributed by atoms with Crippen molar-refractivity contribution in [3.05, 3.63) is 18.3 Å². The van der Waals surface area contributed by atoms with Gasteiger partial charge in [0.1, 0.15) is 0 Å². The van der Waals surface area contributed by atoms with Crippen LogP contribution in [0.25, 0.3) is 0 Å². The first kappa shape index (κ1) is 9.94. The number of nitrogens with one attached hydrogen (secondary N) is 1. The number of nitrogens with zero attached hydrogens (tertiary/aromatic N) is 2. The molecule has 0 bridgehead atoms. The van der Waals surface area contributed by atoms with Crippen LogP contribution < -0.4 is 10.2 Å². The summed E-state index contributed by atoms with van der Waals surface area (Å²) in [4.78, 5) is 6.94. The molecule has 0 radical (unpaired) electrons. The molecule has 1 N–H and O–H groups in total. The Morgan fingerprint density at radius 2 is 2.00 bits per heavy atom. The largest absolute Gasteiger partial charge is 0.379 e. The lowest BCUT2D eigenvalue weighted by Crippen LogP contribution is -2.29. The average molecular weight is 217 g/mol. The van der Waals surface area contributed by atoms with E-state index in [0.717, 1.165) is 18.9 Å². The molecule has 1 aliphatic heterocycles. The summed E-state index contributed by atoms with van der Waals surface area (Å²) >= 11 is 0. The van der Waals surface area contributed by atoms with Gasteiger partial charge in [-0.2, -0.15) is 0 Å². The van der Waals surface area contributed by atoms with Gasteiger partial charge in [-0.1, -0.05) is 0 Å². The fraction of sp³-hybridized carbons (Fsp3) is 0.615. The van der Waals surface area contributed by atoms with Crippen molar-refractivity contribution in [2.24, 2.45) is 0 Å². The lowest BCUT2D eigenvalue weighted by atomic mass is 9.93. The molecule has 0 spiro atoms. The molecule has 3 rings (SSSR count). The summed E-state index contributed by atoms with van der Waals surface area (Å²) in [6.45, 7) is 2.33. The second kappa shape index (κ2) is 4.32. The summed E-state index contributed by atoms with van der Waals surface area (Å²) in [5.41, 5.74) is 1.23. The molecule has 0 atom stereocenters. The molecular formula is C13H19N3. The Bertz CT molecular complexity index is 354. The lowest BCUT2D eigenvalue weighted by molar-refractivity contribution is 0.445. The molecule has 3 nitrogen and oxygen atoms in total. The van der Waals surface area contributed by atoms with Crippen LogP contribution in [-0.2, 0) is 0 Å². The van der Waals surface area contributed by atoms with E-state index in [4.69, 9.17) is 0 Å². The highest BCUT2D eigenvalue weighted by molar-refractivity contribution is 5.66. The molecule has 2 aliphatic rings. The molecule has 0 amide bonds. The van der Waals surface area contributed by atoms with Crippen molar-refractivity contribution in [3.63, 3.8) is 0 Å². The van der Waals surface area contributed by atoms with E-state index >= 15 is 0 Å². The van der Waals surface area contributed by atoms with Crippen molar-refractivity contribution in [1.29, 1.82) is 0 Å². The van der Waals surface area contributed by atoms with E-state index in [0.29, 0.717) is 6.04 Å². The quantitative estimate of drug-likeness (QED) is 0.843. The van der Waals surface area contributed by atoms with Gasteiger partial charge >= 0.3 is 0 Å². The topological polar surface area (TPSA) is 28.2 Å². The van der Waals surface area contributed by atoms with Crippen LogP contribution in [-0.4, -0.2) is 24.1 Å². The molecule has 2 heterocycles. The maximum Gasteiger partial charge on any atom is 0.151 e. The highest BCUT2D eigenvalue weighted by Crippen LogP contribution is 2.30. The number of pyridine rings is 1. The van der Waals surface area contributed by atoms with Gasteiger partial charge in [-0.3, -0.25) is 0 Å². The molecular weight excluding hydrogens is 198 g/mol. The average Bonchev–Trinajstić information content (AvgIpc) is 2.77. The molecule has 3 heteroatoms. The van der Waals surface area contributed by atoms with Crippen molar-refractivity contribution in [1.82, 2.24) is 4.98 Å². The highest BCUT2D eigenvalue weighted by Gasteiger charge is 2.21.